The van der Waals surface area contributed by atoms with Crippen LogP contribution in [-0.2, 0) is 41.5 Å². The maximum absolute atomic E-state index is 12.7. The second-order valence-electron chi connectivity index (χ2n) is 7.02. The number of imidazole rings is 1. The molecule has 0 unspecified atom stereocenters. The summed E-state index contributed by atoms with van der Waals surface area (Å²) in [6, 6.07) is 0. The Morgan fingerprint density at radius 2 is 1.81 bits per heavy atom. The predicted octanol–water partition coefficient (Wildman–Crippen LogP) is -0.784. The summed E-state index contributed by atoms with van der Waals surface area (Å²) in [4.78, 5) is 43.6. The monoisotopic (exact) mass is 379 g/mol. The van der Waals surface area contributed by atoms with E-state index in [0.717, 1.165) is 4.57 Å². The molecule has 10 nitrogen and oxygen atoms in total. The van der Waals surface area contributed by atoms with Crippen molar-refractivity contribution in [3.05, 3.63) is 26.7 Å². The lowest BCUT2D eigenvalue weighted by Crippen LogP contribution is -2.45. The fourth-order valence-electron chi connectivity index (χ4n) is 3.59. The van der Waals surface area contributed by atoms with E-state index < -0.39 is 17.2 Å². The minimum Gasteiger partial charge on any atom is -0.468 e. The van der Waals surface area contributed by atoms with Crippen LogP contribution in [0.3, 0.4) is 0 Å². The zero-order valence-electron chi connectivity index (χ0n) is 16.3. The SMILES string of the molecule is COC(=O)Cn1c(CN2C[C@@H](C)O[C@H](C)C2)nc2c1c(=O)n(C)c(=O)n2C. The van der Waals surface area contributed by atoms with Crippen LogP contribution in [0.25, 0.3) is 11.2 Å². The quantitative estimate of drug-likeness (QED) is 0.642. The summed E-state index contributed by atoms with van der Waals surface area (Å²) < 4.78 is 14.4. The first-order valence-electron chi connectivity index (χ1n) is 8.82. The van der Waals surface area contributed by atoms with Crippen molar-refractivity contribution in [1.29, 1.82) is 0 Å². The van der Waals surface area contributed by atoms with Gasteiger partial charge < -0.3 is 14.0 Å². The van der Waals surface area contributed by atoms with Crippen molar-refractivity contribution < 1.29 is 14.3 Å². The lowest BCUT2D eigenvalue weighted by atomic mass is 10.2. The topological polar surface area (TPSA) is 101 Å². The molecule has 148 valence electrons. The van der Waals surface area contributed by atoms with E-state index in [2.05, 4.69) is 9.88 Å². The minimum absolute atomic E-state index is 0.0735. The van der Waals surface area contributed by atoms with Crippen molar-refractivity contribution in [3.8, 4) is 0 Å². The first kappa shape index (κ1) is 19.3. The number of fused-ring (bicyclic) bond motifs is 1. The number of rotatable bonds is 4. The normalized spacial score (nSPS) is 20.9. The van der Waals surface area contributed by atoms with Crippen LogP contribution in [0.15, 0.2) is 9.59 Å². The van der Waals surface area contributed by atoms with Gasteiger partial charge in [-0.3, -0.25) is 23.6 Å². The van der Waals surface area contributed by atoms with Crippen molar-refractivity contribution >= 4 is 17.1 Å². The Kier molecular flexibility index (Phi) is 5.20. The average Bonchev–Trinajstić information content (AvgIpc) is 2.95. The summed E-state index contributed by atoms with van der Waals surface area (Å²) in [6.45, 7) is 5.71. The highest BCUT2D eigenvalue weighted by atomic mass is 16.5. The van der Waals surface area contributed by atoms with Crippen molar-refractivity contribution in [2.75, 3.05) is 20.2 Å². The summed E-state index contributed by atoms with van der Waals surface area (Å²) in [7, 11) is 4.26. The number of carbonyl (C=O) groups is 1. The lowest BCUT2D eigenvalue weighted by Gasteiger charge is -2.35. The van der Waals surface area contributed by atoms with Crippen molar-refractivity contribution in [1.82, 2.24) is 23.6 Å². The van der Waals surface area contributed by atoms with Crippen LogP contribution in [-0.4, -0.2) is 62.0 Å². The molecule has 0 N–H and O–H groups in total. The van der Waals surface area contributed by atoms with Gasteiger partial charge in [0.05, 0.1) is 25.9 Å². The second-order valence-corrected chi connectivity index (χ2v) is 7.02. The van der Waals surface area contributed by atoms with Gasteiger partial charge in [0.2, 0.25) is 0 Å². The highest BCUT2D eigenvalue weighted by Gasteiger charge is 2.26. The molecule has 0 aliphatic carbocycles. The van der Waals surface area contributed by atoms with Crippen LogP contribution in [0.5, 0.6) is 0 Å². The Balaban J connectivity index is 2.13. The third kappa shape index (κ3) is 3.54. The zero-order chi connectivity index (χ0) is 19.9. The Morgan fingerprint density at radius 1 is 1.19 bits per heavy atom. The first-order valence-corrected chi connectivity index (χ1v) is 8.82. The van der Waals surface area contributed by atoms with Gasteiger partial charge in [-0.05, 0) is 13.8 Å². The highest BCUT2D eigenvalue weighted by Crippen LogP contribution is 2.17. The second kappa shape index (κ2) is 7.28. The van der Waals surface area contributed by atoms with Crippen LogP contribution in [0.1, 0.15) is 19.7 Å². The molecular formula is C17H25N5O5. The molecule has 0 radical (unpaired) electrons. The van der Waals surface area contributed by atoms with E-state index >= 15 is 0 Å². The molecule has 3 heterocycles. The van der Waals surface area contributed by atoms with Gasteiger partial charge in [0.15, 0.2) is 11.2 Å². The molecule has 0 aromatic carbocycles. The van der Waals surface area contributed by atoms with Gasteiger partial charge in [-0.2, -0.15) is 0 Å². The van der Waals surface area contributed by atoms with E-state index in [1.165, 1.54) is 18.7 Å². The molecular weight excluding hydrogens is 354 g/mol. The van der Waals surface area contributed by atoms with Gasteiger partial charge in [-0.1, -0.05) is 0 Å². The number of hydrogen-bond donors (Lipinski definition) is 0. The van der Waals surface area contributed by atoms with E-state index in [9.17, 15) is 14.4 Å². The lowest BCUT2D eigenvalue weighted by molar-refractivity contribution is -0.141. The van der Waals surface area contributed by atoms with Gasteiger partial charge in [0, 0.05) is 27.2 Å². The first-order chi connectivity index (χ1) is 12.7. The van der Waals surface area contributed by atoms with Crippen LogP contribution in [0.4, 0.5) is 0 Å². The Morgan fingerprint density at radius 3 is 2.41 bits per heavy atom. The number of aryl methyl sites for hydroxylation is 1. The number of hydrogen-bond acceptors (Lipinski definition) is 7. The number of aromatic nitrogens is 4. The molecule has 3 rings (SSSR count). The molecule has 27 heavy (non-hydrogen) atoms. The van der Waals surface area contributed by atoms with Crippen LogP contribution >= 0.6 is 0 Å². The predicted molar refractivity (Wildman–Crippen MR) is 97.5 cm³/mol. The van der Waals surface area contributed by atoms with E-state index in [1.807, 2.05) is 13.8 Å². The third-order valence-corrected chi connectivity index (χ3v) is 4.80. The Labute approximate surface area is 155 Å². The fourth-order valence-corrected chi connectivity index (χ4v) is 3.59. The molecule has 2 aromatic heterocycles. The number of esters is 1. The van der Waals surface area contributed by atoms with Gasteiger partial charge in [0.25, 0.3) is 5.56 Å². The molecule has 0 spiro atoms. The number of nitrogens with zero attached hydrogens (tertiary/aromatic N) is 5. The summed E-state index contributed by atoms with van der Waals surface area (Å²) >= 11 is 0. The molecule has 10 heteroatoms. The third-order valence-electron chi connectivity index (χ3n) is 4.80. The summed E-state index contributed by atoms with van der Waals surface area (Å²) in [5.41, 5.74) is -0.472. The van der Waals surface area contributed by atoms with E-state index in [1.54, 1.807) is 11.6 Å². The maximum Gasteiger partial charge on any atom is 0.332 e. The zero-order valence-corrected chi connectivity index (χ0v) is 16.3. The smallest absolute Gasteiger partial charge is 0.332 e. The molecule has 1 fully saturated rings. The van der Waals surface area contributed by atoms with E-state index in [-0.39, 0.29) is 29.9 Å². The van der Waals surface area contributed by atoms with E-state index in [0.29, 0.717) is 25.5 Å². The van der Waals surface area contributed by atoms with Crippen LogP contribution < -0.4 is 11.2 Å². The Hall–Kier alpha value is -2.46. The van der Waals surface area contributed by atoms with E-state index in [4.69, 9.17) is 9.47 Å². The minimum atomic E-state index is -0.491. The standard InChI is InChI=1S/C17H25N5O5/c1-10-6-21(7-11(2)27-10)8-12-18-15-14(22(12)9-13(23)26-5)16(24)20(4)17(25)19(15)3/h10-11H,6-9H2,1-5H3/t10-,11-/m1/s1. The summed E-state index contributed by atoms with van der Waals surface area (Å²) in [6.07, 6.45) is 0.147. The van der Waals surface area contributed by atoms with Gasteiger partial charge in [-0.25, -0.2) is 9.78 Å². The molecule has 2 aromatic rings. The number of morpholine rings is 1. The van der Waals surface area contributed by atoms with Crippen LogP contribution in [0, 0.1) is 0 Å². The number of methoxy groups -OCH3 is 1. The van der Waals surface area contributed by atoms with Crippen molar-refractivity contribution in [2.24, 2.45) is 14.1 Å². The summed E-state index contributed by atoms with van der Waals surface area (Å²) in [5, 5.41) is 0. The largest absolute Gasteiger partial charge is 0.468 e. The molecule has 0 bridgehead atoms. The molecule has 2 atom stereocenters. The average molecular weight is 379 g/mol. The summed E-state index contributed by atoms with van der Waals surface area (Å²) in [5.74, 6) is 0.0465. The highest BCUT2D eigenvalue weighted by molar-refractivity contribution is 5.75. The molecule has 1 aliphatic heterocycles. The fraction of sp³-hybridized carbons (Fsp3) is 0.647. The van der Waals surface area contributed by atoms with Gasteiger partial charge >= 0.3 is 11.7 Å². The Bertz CT molecular complexity index is 978. The number of ether oxygens (including phenoxy) is 2. The van der Waals surface area contributed by atoms with Crippen molar-refractivity contribution in [3.63, 3.8) is 0 Å². The molecule has 0 amide bonds. The molecule has 0 saturated carbocycles. The van der Waals surface area contributed by atoms with Gasteiger partial charge in [-0.15, -0.1) is 0 Å². The van der Waals surface area contributed by atoms with Crippen LogP contribution in [0.2, 0.25) is 0 Å². The number of carbonyl (C=O) groups excluding carboxylic acids is 1. The molecule has 1 aliphatic rings. The molecule has 1 saturated heterocycles. The maximum atomic E-state index is 12.7. The van der Waals surface area contributed by atoms with Gasteiger partial charge in [0.1, 0.15) is 12.4 Å². The van der Waals surface area contributed by atoms with Crippen molar-refractivity contribution in [2.45, 2.75) is 39.1 Å².